The number of carbonyl (C=O) groups is 1. The quantitative estimate of drug-likeness (QED) is 0.755. The summed E-state index contributed by atoms with van der Waals surface area (Å²) in [5, 5.41) is 10.6. The van der Waals surface area contributed by atoms with Crippen LogP contribution in [0.25, 0.3) is 0 Å². The van der Waals surface area contributed by atoms with Crippen molar-refractivity contribution in [1.82, 2.24) is 20.4 Å². The number of piperidine rings is 1. The maximum absolute atomic E-state index is 11.9. The van der Waals surface area contributed by atoms with Gasteiger partial charge >= 0.3 is 0 Å². The van der Waals surface area contributed by atoms with Crippen LogP contribution in [-0.4, -0.2) is 35.3 Å². The largest absolute Gasteiger partial charge is 0.356 e. The molecule has 1 aliphatic heterocycles. The molecule has 2 rings (SSSR count). The van der Waals surface area contributed by atoms with Gasteiger partial charge in [0.2, 0.25) is 5.91 Å². The van der Waals surface area contributed by atoms with E-state index in [1.807, 2.05) is 16.9 Å². The zero-order valence-electron chi connectivity index (χ0n) is 12.8. The number of nitrogens with zero attached hydrogens (tertiary/aromatic N) is 2. The monoisotopic (exact) mass is 314 g/mol. The number of carbonyl (C=O) groups excluding carboxylic acids is 1. The van der Waals surface area contributed by atoms with Crippen LogP contribution in [0.5, 0.6) is 0 Å². The number of aryl methyl sites for hydroxylation is 1. The zero-order chi connectivity index (χ0) is 14.2. The van der Waals surface area contributed by atoms with Crippen LogP contribution >= 0.6 is 12.4 Å². The van der Waals surface area contributed by atoms with Crippen molar-refractivity contribution < 1.29 is 4.79 Å². The molecule has 0 saturated carbocycles. The van der Waals surface area contributed by atoms with Crippen LogP contribution in [0.2, 0.25) is 0 Å². The standard InChI is InChI=1S/C15H26N4O.ClH/c1-13(14-5-2-6-16-12-14)11-15(20)17-7-3-9-19-10-4-8-18-19;/h4,8,10,13-14,16H,2-3,5-7,9,11-12H2,1H3,(H,17,20);1H. The second-order valence-electron chi connectivity index (χ2n) is 5.76. The summed E-state index contributed by atoms with van der Waals surface area (Å²) in [4.78, 5) is 11.9. The SMILES string of the molecule is CC(CC(=O)NCCCn1cccn1)C1CCCNC1.Cl. The van der Waals surface area contributed by atoms with Crippen molar-refractivity contribution in [2.75, 3.05) is 19.6 Å². The van der Waals surface area contributed by atoms with Gasteiger partial charge in [0.1, 0.15) is 0 Å². The Balaban J connectivity index is 0.00000220. The molecule has 21 heavy (non-hydrogen) atoms. The van der Waals surface area contributed by atoms with Crippen LogP contribution in [-0.2, 0) is 11.3 Å². The Bertz CT molecular complexity index is 390. The van der Waals surface area contributed by atoms with E-state index in [2.05, 4.69) is 22.7 Å². The predicted molar refractivity (Wildman–Crippen MR) is 86.5 cm³/mol. The Hall–Kier alpha value is -1.07. The lowest BCUT2D eigenvalue weighted by Crippen LogP contribution is -2.35. The maximum Gasteiger partial charge on any atom is 0.220 e. The van der Waals surface area contributed by atoms with E-state index in [9.17, 15) is 4.79 Å². The first kappa shape index (κ1) is 18.0. The van der Waals surface area contributed by atoms with Crippen molar-refractivity contribution in [3.05, 3.63) is 18.5 Å². The first-order chi connectivity index (χ1) is 9.75. The molecule has 1 aromatic heterocycles. The average Bonchev–Trinajstić information content (AvgIpc) is 2.98. The lowest BCUT2D eigenvalue weighted by Gasteiger charge is -2.28. The number of hydrogen-bond donors (Lipinski definition) is 2. The van der Waals surface area contributed by atoms with E-state index in [1.165, 1.54) is 12.8 Å². The first-order valence-corrected chi connectivity index (χ1v) is 7.70. The maximum atomic E-state index is 11.9. The molecule has 1 fully saturated rings. The third-order valence-electron chi connectivity index (χ3n) is 4.09. The molecule has 120 valence electrons. The lowest BCUT2D eigenvalue weighted by atomic mass is 9.85. The molecular formula is C15H27ClN4O. The summed E-state index contributed by atoms with van der Waals surface area (Å²) in [5.74, 6) is 1.30. The van der Waals surface area contributed by atoms with Gasteiger partial charge < -0.3 is 10.6 Å². The third-order valence-corrected chi connectivity index (χ3v) is 4.09. The Kier molecular flexibility index (Phi) is 8.38. The molecule has 1 aliphatic rings. The minimum absolute atomic E-state index is 0. The minimum atomic E-state index is 0. The highest BCUT2D eigenvalue weighted by Gasteiger charge is 2.21. The lowest BCUT2D eigenvalue weighted by molar-refractivity contribution is -0.122. The van der Waals surface area contributed by atoms with Crippen LogP contribution in [0, 0.1) is 11.8 Å². The van der Waals surface area contributed by atoms with Gasteiger partial charge in [-0.25, -0.2) is 0 Å². The summed E-state index contributed by atoms with van der Waals surface area (Å²) in [7, 11) is 0. The molecule has 1 amide bonds. The number of halogens is 1. The van der Waals surface area contributed by atoms with E-state index in [1.54, 1.807) is 6.20 Å². The van der Waals surface area contributed by atoms with Gasteiger partial charge in [-0.15, -0.1) is 12.4 Å². The molecule has 0 radical (unpaired) electrons. The van der Waals surface area contributed by atoms with Crippen LogP contribution in [0.4, 0.5) is 0 Å². The molecule has 0 aromatic carbocycles. The van der Waals surface area contributed by atoms with Crippen molar-refractivity contribution in [2.24, 2.45) is 11.8 Å². The highest BCUT2D eigenvalue weighted by atomic mass is 35.5. The number of rotatable bonds is 7. The van der Waals surface area contributed by atoms with Crippen LogP contribution < -0.4 is 10.6 Å². The second kappa shape index (κ2) is 9.79. The molecule has 6 heteroatoms. The van der Waals surface area contributed by atoms with Crippen LogP contribution in [0.3, 0.4) is 0 Å². The molecular weight excluding hydrogens is 288 g/mol. The third kappa shape index (κ3) is 6.48. The van der Waals surface area contributed by atoms with Gasteiger partial charge in [0.15, 0.2) is 0 Å². The van der Waals surface area contributed by atoms with Crippen LogP contribution in [0.1, 0.15) is 32.6 Å². The van der Waals surface area contributed by atoms with Gasteiger partial charge in [-0.05, 0) is 50.3 Å². The number of nitrogens with one attached hydrogen (secondary N) is 2. The van der Waals surface area contributed by atoms with E-state index < -0.39 is 0 Å². The minimum Gasteiger partial charge on any atom is -0.356 e. The van der Waals surface area contributed by atoms with Gasteiger partial charge in [0.25, 0.3) is 0 Å². The first-order valence-electron chi connectivity index (χ1n) is 7.70. The van der Waals surface area contributed by atoms with E-state index in [4.69, 9.17) is 0 Å². The van der Waals surface area contributed by atoms with Gasteiger partial charge in [-0.3, -0.25) is 9.48 Å². The average molecular weight is 315 g/mol. The summed E-state index contributed by atoms with van der Waals surface area (Å²) in [5.41, 5.74) is 0. The van der Waals surface area contributed by atoms with Crippen molar-refractivity contribution in [2.45, 2.75) is 39.2 Å². The molecule has 2 N–H and O–H groups in total. The molecule has 0 aliphatic carbocycles. The molecule has 5 nitrogen and oxygen atoms in total. The molecule has 1 saturated heterocycles. The number of amides is 1. The molecule has 2 atom stereocenters. The van der Waals surface area contributed by atoms with E-state index >= 15 is 0 Å². The normalized spacial score (nSPS) is 19.6. The topological polar surface area (TPSA) is 59.0 Å². The number of hydrogen-bond acceptors (Lipinski definition) is 3. The Morgan fingerprint density at radius 1 is 1.57 bits per heavy atom. The van der Waals surface area contributed by atoms with Crippen molar-refractivity contribution in [1.29, 1.82) is 0 Å². The molecule has 0 bridgehead atoms. The summed E-state index contributed by atoms with van der Waals surface area (Å²) >= 11 is 0. The van der Waals surface area contributed by atoms with Crippen molar-refractivity contribution >= 4 is 18.3 Å². The van der Waals surface area contributed by atoms with Gasteiger partial charge in [-0.1, -0.05) is 6.92 Å². The highest BCUT2D eigenvalue weighted by molar-refractivity contribution is 5.85. The Morgan fingerprint density at radius 2 is 2.43 bits per heavy atom. The van der Waals surface area contributed by atoms with E-state index in [0.29, 0.717) is 18.3 Å². The van der Waals surface area contributed by atoms with Gasteiger partial charge in [-0.2, -0.15) is 5.10 Å². The van der Waals surface area contributed by atoms with Gasteiger partial charge in [0.05, 0.1) is 0 Å². The summed E-state index contributed by atoms with van der Waals surface area (Å²) in [6, 6.07) is 1.92. The molecule has 2 unspecified atom stereocenters. The highest BCUT2D eigenvalue weighted by Crippen LogP contribution is 2.22. The predicted octanol–water partition coefficient (Wildman–Crippen LogP) is 1.84. The fraction of sp³-hybridized carbons (Fsp3) is 0.733. The summed E-state index contributed by atoms with van der Waals surface area (Å²) in [6.07, 6.45) is 7.78. The number of aromatic nitrogens is 2. The zero-order valence-corrected chi connectivity index (χ0v) is 13.6. The fourth-order valence-corrected chi connectivity index (χ4v) is 2.80. The summed E-state index contributed by atoms with van der Waals surface area (Å²) in [6.45, 7) is 5.97. The van der Waals surface area contributed by atoms with E-state index in [-0.39, 0.29) is 18.3 Å². The second-order valence-corrected chi connectivity index (χ2v) is 5.76. The molecule has 2 heterocycles. The summed E-state index contributed by atoms with van der Waals surface area (Å²) < 4.78 is 1.89. The molecule has 1 aromatic rings. The van der Waals surface area contributed by atoms with Crippen molar-refractivity contribution in [3.63, 3.8) is 0 Å². The van der Waals surface area contributed by atoms with Crippen LogP contribution in [0.15, 0.2) is 18.5 Å². The Labute approximate surface area is 133 Å². The van der Waals surface area contributed by atoms with Crippen molar-refractivity contribution in [3.8, 4) is 0 Å². The molecule has 0 spiro atoms. The van der Waals surface area contributed by atoms with E-state index in [0.717, 1.165) is 32.6 Å². The fourth-order valence-electron chi connectivity index (χ4n) is 2.80. The van der Waals surface area contributed by atoms with Gasteiger partial charge in [0, 0.05) is 31.9 Å². The smallest absolute Gasteiger partial charge is 0.220 e. The Morgan fingerprint density at radius 3 is 3.10 bits per heavy atom.